The van der Waals surface area contributed by atoms with Crippen molar-refractivity contribution in [1.29, 1.82) is 0 Å². The molecule has 3 fully saturated rings. The molecule has 0 saturated carbocycles. The number of nitrogens with zero attached hydrogens (tertiary/aromatic N) is 2. The highest BCUT2D eigenvalue weighted by Crippen LogP contribution is 2.31. The zero-order chi connectivity index (χ0) is 16.6. The van der Waals surface area contributed by atoms with Crippen LogP contribution in [0.15, 0.2) is 48.5 Å². The first-order valence-electron chi connectivity index (χ1n) is 9.14. The van der Waals surface area contributed by atoms with E-state index in [1.807, 2.05) is 6.07 Å². The van der Waals surface area contributed by atoms with Gasteiger partial charge in [0.15, 0.2) is 0 Å². The lowest BCUT2D eigenvalue weighted by molar-refractivity contribution is -0.0765. The molecular weight excluding hydrogens is 364 g/mol. The van der Waals surface area contributed by atoms with Crippen LogP contribution in [0.4, 0.5) is 0 Å². The fraction of sp³-hybridized carbons (Fsp3) is 0.381. The smallest absolute Gasteiger partial charge is 0.124 e. The Morgan fingerprint density at radius 3 is 2.50 bits per heavy atom. The van der Waals surface area contributed by atoms with Gasteiger partial charge in [0, 0.05) is 12.1 Å². The number of piperidine rings is 3. The molecule has 0 N–H and O–H groups in total. The lowest BCUT2D eigenvalue weighted by Crippen LogP contribution is -2.51. The van der Waals surface area contributed by atoms with Crippen LogP contribution in [0, 0.1) is 5.92 Å². The Balaban J connectivity index is 0.00000168. The average Bonchev–Trinajstić information content (AvgIpc) is 3.12. The van der Waals surface area contributed by atoms with E-state index in [-0.39, 0.29) is 12.4 Å². The minimum Gasteiger partial charge on any atom is -0.372 e. The normalized spacial score (nSPS) is 24.5. The summed E-state index contributed by atoms with van der Waals surface area (Å²) in [4.78, 5) is 7.28. The van der Waals surface area contributed by atoms with Crippen molar-refractivity contribution in [3.63, 3.8) is 0 Å². The molecule has 3 saturated heterocycles. The van der Waals surface area contributed by atoms with E-state index in [1.54, 1.807) is 11.3 Å². The lowest BCUT2D eigenvalue weighted by Gasteiger charge is -2.44. The van der Waals surface area contributed by atoms with Gasteiger partial charge in [-0.1, -0.05) is 36.4 Å². The van der Waals surface area contributed by atoms with Gasteiger partial charge >= 0.3 is 0 Å². The number of halogens is 1. The van der Waals surface area contributed by atoms with Crippen molar-refractivity contribution in [2.45, 2.75) is 25.6 Å². The first-order chi connectivity index (χ1) is 12.3. The second-order valence-electron chi connectivity index (χ2n) is 7.17. The van der Waals surface area contributed by atoms with Gasteiger partial charge in [-0.2, -0.15) is 0 Å². The molecule has 0 radical (unpaired) electrons. The predicted octanol–water partition coefficient (Wildman–Crippen LogP) is 5.00. The highest BCUT2D eigenvalue weighted by molar-refractivity contribution is 7.21. The Labute approximate surface area is 164 Å². The molecule has 3 aliphatic rings. The topological polar surface area (TPSA) is 25.4 Å². The van der Waals surface area contributed by atoms with Crippen molar-refractivity contribution in [2.75, 3.05) is 19.6 Å². The summed E-state index contributed by atoms with van der Waals surface area (Å²) >= 11 is 1.75. The molecule has 1 aromatic heterocycles. The molecule has 0 spiro atoms. The molecule has 0 amide bonds. The van der Waals surface area contributed by atoms with Gasteiger partial charge in [0.2, 0.25) is 0 Å². The van der Waals surface area contributed by atoms with Crippen molar-refractivity contribution in [2.24, 2.45) is 5.92 Å². The number of ether oxygens (including phenoxy) is 1. The van der Waals surface area contributed by atoms with E-state index in [2.05, 4.69) is 47.4 Å². The van der Waals surface area contributed by atoms with Gasteiger partial charge in [-0.3, -0.25) is 0 Å². The summed E-state index contributed by atoms with van der Waals surface area (Å²) in [5, 5.41) is 1.09. The second kappa shape index (κ2) is 7.65. The van der Waals surface area contributed by atoms with E-state index in [9.17, 15) is 0 Å². The number of benzene rings is 2. The highest BCUT2D eigenvalue weighted by Gasteiger charge is 2.34. The maximum absolute atomic E-state index is 6.24. The Morgan fingerprint density at radius 1 is 1.04 bits per heavy atom. The second-order valence-corrected chi connectivity index (χ2v) is 8.20. The van der Waals surface area contributed by atoms with E-state index in [4.69, 9.17) is 9.72 Å². The fourth-order valence-corrected chi connectivity index (χ4v) is 5.01. The molecule has 26 heavy (non-hydrogen) atoms. The highest BCUT2D eigenvalue weighted by atomic mass is 35.5. The minimum absolute atomic E-state index is 0. The van der Waals surface area contributed by atoms with Gasteiger partial charge in [-0.15, -0.1) is 23.7 Å². The predicted molar refractivity (Wildman–Crippen MR) is 110 cm³/mol. The molecule has 2 aromatic carbocycles. The molecule has 4 heterocycles. The minimum atomic E-state index is 0. The largest absolute Gasteiger partial charge is 0.372 e. The van der Waals surface area contributed by atoms with Crippen molar-refractivity contribution in [3.05, 3.63) is 54.1 Å². The standard InChI is InChI=1S/C21H22N2OS.ClH/c1-2-4-20-18(3-1)22-21(25-20)17-7-5-15(6-8-17)14-24-19-13-23-11-9-16(19)10-12-23;/h1-8,16,19H,9-14H2;1H. The molecule has 1 atom stereocenters. The average molecular weight is 387 g/mol. The first kappa shape index (κ1) is 17.9. The summed E-state index contributed by atoms with van der Waals surface area (Å²) in [6, 6.07) is 17.0. The Bertz CT molecular complexity index is 838. The zero-order valence-electron chi connectivity index (χ0n) is 14.6. The summed E-state index contributed by atoms with van der Waals surface area (Å²) in [5.41, 5.74) is 3.52. The zero-order valence-corrected chi connectivity index (χ0v) is 16.3. The Kier molecular flexibility index (Phi) is 5.28. The van der Waals surface area contributed by atoms with Crippen LogP contribution in [0.1, 0.15) is 18.4 Å². The number of fused-ring (bicyclic) bond motifs is 4. The van der Waals surface area contributed by atoms with Crippen LogP contribution in [0.2, 0.25) is 0 Å². The van der Waals surface area contributed by atoms with Crippen molar-refractivity contribution < 1.29 is 4.74 Å². The fourth-order valence-electron chi connectivity index (χ4n) is 4.04. The van der Waals surface area contributed by atoms with Gasteiger partial charge in [0.05, 0.1) is 22.9 Å². The van der Waals surface area contributed by atoms with Crippen LogP contribution >= 0.6 is 23.7 Å². The molecule has 5 heteroatoms. The lowest BCUT2D eigenvalue weighted by atomic mass is 9.86. The van der Waals surface area contributed by atoms with Crippen molar-refractivity contribution in [3.8, 4) is 10.6 Å². The van der Waals surface area contributed by atoms with E-state index in [0.29, 0.717) is 6.10 Å². The summed E-state index contributed by atoms with van der Waals surface area (Å²) in [5.74, 6) is 0.770. The quantitative estimate of drug-likeness (QED) is 0.631. The Hall–Kier alpha value is -1.46. The summed E-state index contributed by atoms with van der Waals surface area (Å²) < 4.78 is 7.48. The molecule has 3 aliphatic heterocycles. The van der Waals surface area contributed by atoms with Crippen molar-refractivity contribution in [1.82, 2.24) is 9.88 Å². The van der Waals surface area contributed by atoms with E-state index >= 15 is 0 Å². The molecule has 3 aromatic rings. The number of aromatic nitrogens is 1. The molecule has 3 nitrogen and oxygen atoms in total. The van der Waals surface area contributed by atoms with Crippen molar-refractivity contribution >= 4 is 34.0 Å². The van der Waals surface area contributed by atoms with Gasteiger partial charge in [0.1, 0.15) is 5.01 Å². The molecule has 2 bridgehead atoms. The third-order valence-corrected chi connectivity index (χ3v) is 6.64. The number of para-hydroxylation sites is 1. The van der Waals surface area contributed by atoms with Crippen LogP contribution < -0.4 is 0 Å². The molecule has 6 rings (SSSR count). The van der Waals surface area contributed by atoms with E-state index < -0.39 is 0 Å². The van der Waals surface area contributed by atoms with Gasteiger partial charge < -0.3 is 9.64 Å². The number of thiazole rings is 1. The summed E-state index contributed by atoms with van der Waals surface area (Å²) in [7, 11) is 0. The number of rotatable bonds is 4. The van der Waals surface area contributed by atoms with Crippen LogP contribution in [-0.4, -0.2) is 35.6 Å². The molecule has 0 aliphatic carbocycles. The third kappa shape index (κ3) is 3.52. The van der Waals surface area contributed by atoms with Gasteiger partial charge in [0.25, 0.3) is 0 Å². The maximum Gasteiger partial charge on any atom is 0.124 e. The van der Waals surface area contributed by atoms with E-state index in [1.165, 1.54) is 41.8 Å². The SMILES string of the molecule is Cl.c1ccc2sc(-c3ccc(COC4CN5CCC4CC5)cc3)nc2c1. The monoisotopic (exact) mass is 386 g/mol. The number of hydrogen-bond acceptors (Lipinski definition) is 4. The van der Waals surface area contributed by atoms with Gasteiger partial charge in [-0.25, -0.2) is 4.98 Å². The summed E-state index contributed by atoms with van der Waals surface area (Å²) in [6.45, 7) is 4.37. The Morgan fingerprint density at radius 2 is 1.81 bits per heavy atom. The first-order valence-corrected chi connectivity index (χ1v) is 9.96. The van der Waals surface area contributed by atoms with Gasteiger partial charge in [-0.05, 0) is 49.5 Å². The van der Waals surface area contributed by atoms with Crippen LogP contribution in [0.25, 0.3) is 20.8 Å². The van der Waals surface area contributed by atoms with E-state index in [0.717, 1.165) is 29.6 Å². The van der Waals surface area contributed by atoms with Crippen LogP contribution in [-0.2, 0) is 11.3 Å². The third-order valence-electron chi connectivity index (χ3n) is 5.56. The maximum atomic E-state index is 6.24. The molecule has 1 unspecified atom stereocenters. The van der Waals surface area contributed by atoms with Crippen LogP contribution in [0.3, 0.4) is 0 Å². The molecular formula is C21H23ClN2OS. The number of hydrogen-bond donors (Lipinski definition) is 0. The summed E-state index contributed by atoms with van der Waals surface area (Å²) in [6.07, 6.45) is 3.04. The van der Waals surface area contributed by atoms with Crippen LogP contribution in [0.5, 0.6) is 0 Å². The molecule has 136 valence electrons.